The molecule has 1 aromatic carbocycles. The van der Waals surface area contributed by atoms with Crippen LogP contribution in [-0.4, -0.2) is 24.7 Å². The Morgan fingerprint density at radius 3 is 2.50 bits per heavy atom. The summed E-state index contributed by atoms with van der Waals surface area (Å²) in [6, 6.07) is 8.52. The number of thiocarbonyl (C=S) groups is 1. The molecule has 2 aromatic heterocycles. The van der Waals surface area contributed by atoms with E-state index >= 15 is 0 Å². The van der Waals surface area contributed by atoms with E-state index < -0.39 is 0 Å². The van der Waals surface area contributed by atoms with E-state index in [4.69, 9.17) is 12.2 Å². The van der Waals surface area contributed by atoms with Gasteiger partial charge < -0.3 is 10.6 Å². The van der Waals surface area contributed by atoms with Crippen molar-refractivity contribution in [1.29, 1.82) is 0 Å². The summed E-state index contributed by atoms with van der Waals surface area (Å²) in [5.41, 5.74) is 6.52. The van der Waals surface area contributed by atoms with Crippen molar-refractivity contribution in [1.82, 2.24) is 24.9 Å². The Kier molecular flexibility index (Phi) is 5.37. The normalized spacial score (nSPS) is 10.8. The van der Waals surface area contributed by atoms with Crippen molar-refractivity contribution in [3.8, 4) is 0 Å². The van der Waals surface area contributed by atoms with E-state index in [2.05, 4.69) is 58.9 Å². The van der Waals surface area contributed by atoms with Gasteiger partial charge in [-0.25, -0.2) is 0 Å². The number of nitrogens with one attached hydrogen (secondary N) is 2. The number of hydrogen-bond donors (Lipinski definition) is 2. The van der Waals surface area contributed by atoms with Crippen molar-refractivity contribution in [2.75, 3.05) is 5.32 Å². The van der Waals surface area contributed by atoms with Crippen LogP contribution in [0.2, 0.25) is 0 Å². The van der Waals surface area contributed by atoms with Gasteiger partial charge in [-0.1, -0.05) is 29.8 Å². The lowest BCUT2D eigenvalue weighted by Gasteiger charge is -2.10. The fourth-order valence-corrected chi connectivity index (χ4v) is 2.98. The second-order valence-corrected chi connectivity index (χ2v) is 6.93. The predicted molar refractivity (Wildman–Crippen MR) is 108 cm³/mol. The molecule has 0 amide bonds. The molecule has 136 valence electrons. The Labute approximate surface area is 159 Å². The molecule has 0 bridgehead atoms. The SMILES string of the molecule is Cc1ccc(Cn2nc(C)c(NC(=S)NCc3cnn(C)c3)c2C)cc1. The maximum Gasteiger partial charge on any atom is 0.171 e. The summed E-state index contributed by atoms with van der Waals surface area (Å²) in [6.07, 6.45) is 3.79. The van der Waals surface area contributed by atoms with Crippen LogP contribution in [0.4, 0.5) is 5.69 Å². The van der Waals surface area contributed by atoms with E-state index in [9.17, 15) is 0 Å². The van der Waals surface area contributed by atoms with Crippen LogP contribution in [0.25, 0.3) is 0 Å². The van der Waals surface area contributed by atoms with Crippen LogP contribution in [0, 0.1) is 20.8 Å². The van der Waals surface area contributed by atoms with Gasteiger partial charge in [0, 0.05) is 25.4 Å². The molecular weight excluding hydrogens is 344 g/mol. The van der Waals surface area contributed by atoms with E-state index in [0.717, 1.165) is 29.2 Å². The number of aromatic nitrogens is 4. The van der Waals surface area contributed by atoms with Crippen molar-refractivity contribution >= 4 is 23.0 Å². The third-order valence-electron chi connectivity index (χ3n) is 4.28. The monoisotopic (exact) mass is 368 g/mol. The highest BCUT2D eigenvalue weighted by molar-refractivity contribution is 7.80. The van der Waals surface area contributed by atoms with Gasteiger partial charge in [-0.2, -0.15) is 10.2 Å². The van der Waals surface area contributed by atoms with Gasteiger partial charge in [-0.05, 0) is 38.6 Å². The third kappa shape index (κ3) is 4.29. The minimum Gasteiger partial charge on any atom is -0.358 e. The number of benzene rings is 1. The fraction of sp³-hybridized carbons (Fsp3) is 0.316. The van der Waals surface area contributed by atoms with Crippen molar-refractivity contribution in [2.45, 2.75) is 33.9 Å². The van der Waals surface area contributed by atoms with E-state index in [0.29, 0.717) is 11.7 Å². The molecule has 0 spiro atoms. The van der Waals surface area contributed by atoms with Crippen molar-refractivity contribution in [2.24, 2.45) is 7.05 Å². The zero-order chi connectivity index (χ0) is 18.7. The molecule has 0 radical (unpaired) electrons. The molecule has 3 rings (SSSR count). The molecule has 26 heavy (non-hydrogen) atoms. The van der Waals surface area contributed by atoms with Crippen LogP contribution in [-0.2, 0) is 20.1 Å². The van der Waals surface area contributed by atoms with Gasteiger partial charge in [0.1, 0.15) is 0 Å². The molecule has 0 aliphatic heterocycles. The third-order valence-corrected chi connectivity index (χ3v) is 4.53. The second-order valence-electron chi connectivity index (χ2n) is 6.52. The van der Waals surface area contributed by atoms with Crippen LogP contribution in [0.1, 0.15) is 28.1 Å². The second kappa shape index (κ2) is 7.70. The van der Waals surface area contributed by atoms with Crippen LogP contribution >= 0.6 is 12.2 Å². The minimum atomic E-state index is 0.579. The highest BCUT2D eigenvalue weighted by Gasteiger charge is 2.13. The average Bonchev–Trinajstić information content (AvgIpc) is 3.13. The maximum absolute atomic E-state index is 5.43. The molecule has 0 atom stereocenters. The van der Waals surface area contributed by atoms with Crippen molar-refractivity contribution < 1.29 is 0 Å². The maximum atomic E-state index is 5.43. The minimum absolute atomic E-state index is 0.579. The lowest BCUT2D eigenvalue weighted by molar-refractivity contribution is 0.659. The van der Waals surface area contributed by atoms with Gasteiger partial charge in [0.15, 0.2) is 5.11 Å². The molecular formula is C19H24N6S. The molecule has 0 saturated heterocycles. The van der Waals surface area contributed by atoms with Crippen molar-refractivity contribution in [3.63, 3.8) is 0 Å². The molecule has 3 aromatic rings. The lowest BCUT2D eigenvalue weighted by atomic mass is 10.1. The summed E-state index contributed by atoms with van der Waals surface area (Å²) in [5.74, 6) is 0. The first kappa shape index (κ1) is 18.1. The molecule has 6 nitrogen and oxygen atoms in total. The van der Waals surface area contributed by atoms with Crippen LogP contribution < -0.4 is 10.6 Å². The number of rotatable bonds is 5. The van der Waals surface area contributed by atoms with E-state index in [1.807, 2.05) is 31.0 Å². The van der Waals surface area contributed by atoms with Crippen LogP contribution in [0.3, 0.4) is 0 Å². The van der Waals surface area contributed by atoms with E-state index in [-0.39, 0.29) is 0 Å². The van der Waals surface area contributed by atoms with Gasteiger partial charge in [0.05, 0.1) is 29.8 Å². The summed E-state index contributed by atoms with van der Waals surface area (Å²) < 4.78 is 3.78. The molecule has 0 fully saturated rings. The van der Waals surface area contributed by atoms with Gasteiger partial charge >= 0.3 is 0 Å². The smallest absolute Gasteiger partial charge is 0.171 e. The highest BCUT2D eigenvalue weighted by atomic mass is 32.1. The molecule has 0 unspecified atom stereocenters. The number of anilines is 1. The first-order valence-electron chi connectivity index (χ1n) is 8.54. The first-order chi connectivity index (χ1) is 12.4. The summed E-state index contributed by atoms with van der Waals surface area (Å²) in [4.78, 5) is 0. The first-order valence-corrected chi connectivity index (χ1v) is 8.95. The molecule has 7 heteroatoms. The Hall–Kier alpha value is -2.67. The molecule has 2 heterocycles. The van der Waals surface area contributed by atoms with Crippen molar-refractivity contribution in [3.05, 3.63) is 64.7 Å². The summed E-state index contributed by atoms with van der Waals surface area (Å²) in [6.45, 7) is 7.51. The summed E-state index contributed by atoms with van der Waals surface area (Å²) in [5, 5.41) is 15.9. The highest BCUT2D eigenvalue weighted by Crippen LogP contribution is 2.20. The quantitative estimate of drug-likeness (QED) is 0.678. The van der Waals surface area contributed by atoms with Crippen LogP contribution in [0.15, 0.2) is 36.7 Å². The summed E-state index contributed by atoms with van der Waals surface area (Å²) in [7, 11) is 1.90. The molecule has 0 saturated carbocycles. The topological polar surface area (TPSA) is 59.7 Å². The average molecular weight is 369 g/mol. The van der Waals surface area contributed by atoms with Gasteiger partial charge in [0.25, 0.3) is 0 Å². The standard InChI is InChI=1S/C19H24N6S/c1-13-5-7-16(8-6-13)12-25-15(3)18(14(2)23-25)22-19(26)20-9-17-10-21-24(4)11-17/h5-8,10-11H,9,12H2,1-4H3,(H2,20,22,26). The van der Waals surface area contributed by atoms with Gasteiger partial charge in [-0.3, -0.25) is 9.36 Å². The largest absolute Gasteiger partial charge is 0.358 e. The lowest BCUT2D eigenvalue weighted by Crippen LogP contribution is -2.28. The summed E-state index contributed by atoms with van der Waals surface area (Å²) >= 11 is 5.43. The Morgan fingerprint density at radius 1 is 1.12 bits per heavy atom. The molecule has 0 aliphatic carbocycles. The Morgan fingerprint density at radius 2 is 1.85 bits per heavy atom. The van der Waals surface area contributed by atoms with Gasteiger partial charge in [0.2, 0.25) is 0 Å². The molecule has 0 aliphatic rings. The fourth-order valence-electron chi connectivity index (χ4n) is 2.80. The number of nitrogens with zero attached hydrogens (tertiary/aromatic N) is 4. The number of aryl methyl sites for hydroxylation is 3. The molecule has 2 N–H and O–H groups in total. The predicted octanol–water partition coefficient (Wildman–Crippen LogP) is 3.08. The van der Waals surface area contributed by atoms with Crippen LogP contribution in [0.5, 0.6) is 0 Å². The Bertz CT molecular complexity index is 907. The van der Waals surface area contributed by atoms with E-state index in [1.54, 1.807) is 4.68 Å². The zero-order valence-corrected chi connectivity index (χ0v) is 16.4. The Balaban J connectivity index is 1.65. The zero-order valence-electron chi connectivity index (χ0n) is 15.6. The van der Waals surface area contributed by atoms with Gasteiger partial charge in [-0.15, -0.1) is 0 Å². The van der Waals surface area contributed by atoms with E-state index in [1.165, 1.54) is 11.1 Å². The number of hydrogen-bond acceptors (Lipinski definition) is 3.